The summed E-state index contributed by atoms with van der Waals surface area (Å²) in [5, 5.41) is 3.31. The number of nitrogens with one attached hydrogen (secondary N) is 1. The first kappa shape index (κ1) is 22.2. The van der Waals surface area contributed by atoms with Crippen LogP contribution in [0, 0.1) is 0 Å². The van der Waals surface area contributed by atoms with Crippen LogP contribution >= 0.6 is 11.6 Å². The fourth-order valence-electron chi connectivity index (χ4n) is 3.40. The number of halogens is 1. The molecule has 0 saturated carbocycles. The average Bonchev–Trinajstić information content (AvgIpc) is 2.70. The molecule has 30 heavy (non-hydrogen) atoms. The maximum absolute atomic E-state index is 13.1. The summed E-state index contributed by atoms with van der Waals surface area (Å²) in [5.41, 5.74) is 1.18. The van der Waals surface area contributed by atoms with Crippen molar-refractivity contribution >= 4 is 33.2 Å². The minimum Gasteiger partial charge on any atom is -0.486 e. The van der Waals surface area contributed by atoms with E-state index >= 15 is 0 Å². The molecule has 2 atom stereocenters. The lowest BCUT2D eigenvalue weighted by molar-refractivity contribution is -0.122. The fraction of sp³-hybridized carbons (Fsp3) is 0.381. The van der Waals surface area contributed by atoms with E-state index in [4.69, 9.17) is 21.1 Å². The predicted octanol–water partition coefficient (Wildman–Crippen LogP) is 3.53. The second-order valence-electron chi connectivity index (χ2n) is 7.10. The van der Waals surface area contributed by atoms with E-state index in [-0.39, 0.29) is 6.04 Å². The normalized spacial score (nSPS) is 15.2. The van der Waals surface area contributed by atoms with E-state index in [2.05, 4.69) is 5.32 Å². The maximum Gasteiger partial charge on any atom is 0.244 e. The molecule has 1 aliphatic heterocycles. The zero-order valence-electron chi connectivity index (χ0n) is 17.1. The Hall–Kier alpha value is -2.45. The van der Waals surface area contributed by atoms with Gasteiger partial charge >= 0.3 is 0 Å². The summed E-state index contributed by atoms with van der Waals surface area (Å²) in [7, 11) is -3.73. The highest BCUT2D eigenvalue weighted by atomic mass is 35.5. The van der Waals surface area contributed by atoms with E-state index in [0.717, 1.165) is 16.1 Å². The van der Waals surface area contributed by atoms with Gasteiger partial charge in [-0.05, 0) is 49.2 Å². The van der Waals surface area contributed by atoms with E-state index in [1.807, 2.05) is 19.1 Å². The molecule has 0 spiro atoms. The standard InChI is InChI=1S/C21H25ClN2O5S/c1-4-18(24(30(3,26)27)17-7-5-6-16(22)13-17)21(25)23-14(2)15-8-9-19-20(12-15)29-11-10-28-19/h5-9,12-14,18H,4,10-11H2,1-3H3,(H,23,25). The molecule has 2 aromatic rings. The number of rotatable bonds is 7. The summed E-state index contributed by atoms with van der Waals surface area (Å²) in [4.78, 5) is 13.1. The van der Waals surface area contributed by atoms with E-state index in [0.29, 0.717) is 41.8 Å². The summed E-state index contributed by atoms with van der Waals surface area (Å²) in [6.07, 6.45) is 1.37. The van der Waals surface area contributed by atoms with Crippen molar-refractivity contribution in [1.82, 2.24) is 5.32 Å². The fourth-order valence-corrected chi connectivity index (χ4v) is 4.78. The monoisotopic (exact) mass is 452 g/mol. The summed E-state index contributed by atoms with van der Waals surface area (Å²) in [6.45, 7) is 4.57. The van der Waals surface area contributed by atoms with E-state index < -0.39 is 22.0 Å². The lowest BCUT2D eigenvalue weighted by Crippen LogP contribution is -2.49. The number of nitrogens with zero attached hydrogens (tertiary/aromatic N) is 1. The molecule has 0 radical (unpaired) electrons. The third-order valence-electron chi connectivity index (χ3n) is 4.82. The van der Waals surface area contributed by atoms with Crippen LogP contribution in [0.1, 0.15) is 31.9 Å². The number of carbonyl (C=O) groups is 1. The number of sulfonamides is 1. The number of amides is 1. The van der Waals surface area contributed by atoms with Gasteiger partial charge in [-0.3, -0.25) is 9.10 Å². The minimum absolute atomic E-state index is 0.291. The van der Waals surface area contributed by atoms with Crippen LogP contribution in [-0.2, 0) is 14.8 Å². The molecule has 1 aliphatic rings. The molecule has 7 nitrogen and oxygen atoms in total. The zero-order valence-corrected chi connectivity index (χ0v) is 18.7. The Bertz CT molecular complexity index is 1030. The van der Waals surface area contributed by atoms with E-state index in [1.165, 1.54) is 6.07 Å². The molecule has 2 unspecified atom stereocenters. The van der Waals surface area contributed by atoms with Gasteiger partial charge < -0.3 is 14.8 Å². The molecule has 1 N–H and O–H groups in total. The van der Waals surface area contributed by atoms with Crippen molar-refractivity contribution in [1.29, 1.82) is 0 Å². The third kappa shape index (κ3) is 4.99. The summed E-state index contributed by atoms with van der Waals surface area (Å²) in [6, 6.07) is 10.7. The molecule has 0 bridgehead atoms. The Morgan fingerprint density at radius 2 is 1.87 bits per heavy atom. The smallest absolute Gasteiger partial charge is 0.244 e. The second-order valence-corrected chi connectivity index (χ2v) is 9.39. The molecule has 0 aliphatic carbocycles. The first-order valence-electron chi connectivity index (χ1n) is 9.65. The second kappa shape index (κ2) is 9.14. The molecule has 2 aromatic carbocycles. The van der Waals surface area contributed by atoms with Gasteiger partial charge in [0.1, 0.15) is 19.3 Å². The van der Waals surface area contributed by atoms with Gasteiger partial charge in [-0.25, -0.2) is 8.42 Å². The number of hydrogen-bond donors (Lipinski definition) is 1. The van der Waals surface area contributed by atoms with Gasteiger partial charge in [0.25, 0.3) is 0 Å². The van der Waals surface area contributed by atoms with Crippen LogP contribution in [0.2, 0.25) is 5.02 Å². The van der Waals surface area contributed by atoms with Crippen molar-refractivity contribution in [2.45, 2.75) is 32.4 Å². The van der Waals surface area contributed by atoms with Crippen molar-refractivity contribution < 1.29 is 22.7 Å². The quantitative estimate of drug-likeness (QED) is 0.694. The lowest BCUT2D eigenvalue weighted by atomic mass is 10.1. The predicted molar refractivity (Wildman–Crippen MR) is 117 cm³/mol. The SMILES string of the molecule is CCC(C(=O)NC(C)c1ccc2c(c1)OCCO2)N(c1cccc(Cl)c1)S(C)(=O)=O. The third-order valence-corrected chi connectivity index (χ3v) is 6.23. The van der Waals surface area contributed by atoms with Crippen molar-refractivity contribution in [3.05, 3.63) is 53.1 Å². The first-order valence-corrected chi connectivity index (χ1v) is 11.9. The number of carbonyl (C=O) groups excluding carboxylic acids is 1. The molecular formula is C21H25ClN2O5S. The van der Waals surface area contributed by atoms with Gasteiger partial charge in [-0.2, -0.15) is 0 Å². The molecule has 0 saturated heterocycles. The Kier molecular flexibility index (Phi) is 6.77. The van der Waals surface area contributed by atoms with E-state index in [9.17, 15) is 13.2 Å². The van der Waals surface area contributed by atoms with Gasteiger partial charge in [0.15, 0.2) is 11.5 Å². The minimum atomic E-state index is -3.73. The Morgan fingerprint density at radius 3 is 2.50 bits per heavy atom. The average molecular weight is 453 g/mol. The van der Waals surface area contributed by atoms with Crippen molar-refractivity contribution in [2.24, 2.45) is 0 Å². The van der Waals surface area contributed by atoms with Crippen LogP contribution in [0.5, 0.6) is 11.5 Å². The molecule has 1 amide bonds. The van der Waals surface area contributed by atoms with Crippen molar-refractivity contribution in [2.75, 3.05) is 23.8 Å². The summed E-state index contributed by atoms with van der Waals surface area (Å²) >= 11 is 6.04. The van der Waals surface area contributed by atoms with Crippen LogP contribution in [0.4, 0.5) is 5.69 Å². The highest BCUT2D eigenvalue weighted by Crippen LogP contribution is 2.33. The maximum atomic E-state index is 13.1. The van der Waals surface area contributed by atoms with Crippen molar-refractivity contribution in [3.8, 4) is 11.5 Å². The first-order chi connectivity index (χ1) is 14.2. The zero-order chi connectivity index (χ0) is 21.9. The van der Waals surface area contributed by atoms with Gasteiger partial charge in [-0.15, -0.1) is 0 Å². The molecule has 3 rings (SSSR count). The number of benzene rings is 2. The molecule has 1 heterocycles. The van der Waals surface area contributed by atoms with Crippen LogP contribution in [0.3, 0.4) is 0 Å². The highest BCUT2D eigenvalue weighted by molar-refractivity contribution is 7.92. The number of ether oxygens (including phenoxy) is 2. The van der Waals surface area contributed by atoms with Crippen LogP contribution < -0.4 is 19.1 Å². The summed E-state index contributed by atoms with van der Waals surface area (Å²) < 4.78 is 37.3. The topological polar surface area (TPSA) is 84.9 Å². The van der Waals surface area contributed by atoms with E-state index in [1.54, 1.807) is 31.2 Å². The number of fused-ring (bicyclic) bond motifs is 1. The Labute approximate surface area is 182 Å². The van der Waals surface area contributed by atoms with Gasteiger partial charge in [-0.1, -0.05) is 30.7 Å². The van der Waals surface area contributed by atoms with Gasteiger partial charge in [0, 0.05) is 5.02 Å². The van der Waals surface area contributed by atoms with Crippen LogP contribution in [0.25, 0.3) is 0 Å². The number of hydrogen-bond acceptors (Lipinski definition) is 5. The molecule has 162 valence electrons. The summed E-state index contributed by atoms with van der Waals surface area (Å²) in [5.74, 6) is 0.896. The molecular weight excluding hydrogens is 428 g/mol. The highest BCUT2D eigenvalue weighted by Gasteiger charge is 2.32. The largest absolute Gasteiger partial charge is 0.486 e. The number of anilines is 1. The van der Waals surface area contributed by atoms with Crippen molar-refractivity contribution in [3.63, 3.8) is 0 Å². The van der Waals surface area contributed by atoms with Gasteiger partial charge in [0.05, 0.1) is 18.0 Å². The molecule has 9 heteroatoms. The van der Waals surface area contributed by atoms with Crippen LogP contribution in [0.15, 0.2) is 42.5 Å². The Morgan fingerprint density at radius 1 is 1.17 bits per heavy atom. The Balaban J connectivity index is 1.83. The molecule has 0 fully saturated rings. The molecule has 0 aromatic heterocycles. The lowest BCUT2D eigenvalue weighted by Gasteiger charge is -2.31. The van der Waals surface area contributed by atoms with Gasteiger partial charge in [0.2, 0.25) is 15.9 Å². The van der Waals surface area contributed by atoms with Crippen LogP contribution in [-0.4, -0.2) is 39.8 Å².